The molecular formula is C22H32O5. The van der Waals surface area contributed by atoms with E-state index in [2.05, 4.69) is 6.92 Å². The number of carbonyl (C=O) groups is 3. The van der Waals surface area contributed by atoms with E-state index in [9.17, 15) is 14.4 Å². The number of Topliss-reactive ketones (excluding diaryl/α,β-unsaturated/α-hetero) is 1. The molecule has 0 spiro atoms. The summed E-state index contributed by atoms with van der Waals surface area (Å²) in [7, 11) is 0. The van der Waals surface area contributed by atoms with E-state index in [-0.39, 0.29) is 41.6 Å². The minimum Gasteiger partial charge on any atom is -0.459 e. The average molecular weight is 376 g/mol. The molecule has 27 heavy (non-hydrogen) atoms. The van der Waals surface area contributed by atoms with E-state index in [4.69, 9.17) is 9.47 Å². The fourth-order valence-electron chi connectivity index (χ4n) is 4.46. The molecule has 0 saturated heterocycles. The lowest BCUT2D eigenvalue weighted by Gasteiger charge is -2.38. The van der Waals surface area contributed by atoms with Crippen LogP contribution in [0, 0.1) is 17.8 Å². The van der Waals surface area contributed by atoms with E-state index >= 15 is 0 Å². The third kappa shape index (κ3) is 4.50. The predicted octanol–water partition coefficient (Wildman–Crippen LogP) is 4.16. The van der Waals surface area contributed by atoms with Crippen LogP contribution in [-0.2, 0) is 23.9 Å². The summed E-state index contributed by atoms with van der Waals surface area (Å²) >= 11 is 0. The van der Waals surface area contributed by atoms with Gasteiger partial charge >= 0.3 is 11.9 Å². The van der Waals surface area contributed by atoms with Crippen molar-refractivity contribution < 1.29 is 23.9 Å². The van der Waals surface area contributed by atoms with Crippen molar-refractivity contribution in [3.8, 4) is 0 Å². The summed E-state index contributed by atoms with van der Waals surface area (Å²) in [6.07, 6.45) is 3.12. The Morgan fingerprint density at radius 2 is 1.81 bits per heavy atom. The smallest absolute Gasteiger partial charge is 0.333 e. The van der Waals surface area contributed by atoms with Gasteiger partial charge in [-0.2, -0.15) is 0 Å². The molecule has 5 nitrogen and oxygen atoms in total. The molecule has 2 aliphatic carbocycles. The van der Waals surface area contributed by atoms with Crippen LogP contribution in [0.15, 0.2) is 22.8 Å². The van der Waals surface area contributed by atoms with Gasteiger partial charge in [-0.05, 0) is 64.9 Å². The maximum absolute atomic E-state index is 12.5. The normalized spacial score (nSPS) is 29.3. The molecule has 0 aliphatic heterocycles. The van der Waals surface area contributed by atoms with Crippen molar-refractivity contribution in [3.63, 3.8) is 0 Å². The molecule has 0 unspecified atom stereocenters. The highest BCUT2D eigenvalue weighted by atomic mass is 16.6. The zero-order chi connectivity index (χ0) is 20.5. The molecule has 0 bridgehead atoms. The lowest BCUT2D eigenvalue weighted by atomic mass is 9.80. The van der Waals surface area contributed by atoms with Gasteiger partial charge in [0.25, 0.3) is 0 Å². The Kier molecular flexibility index (Phi) is 6.33. The van der Waals surface area contributed by atoms with Gasteiger partial charge in [0, 0.05) is 24.8 Å². The molecule has 1 saturated carbocycles. The summed E-state index contributed by atoms with van der Waals surface area (Å²) in [5.41, 5.74) is 1.71. The monoisotopic (exact) mass is 376 g/mol. The highest BCUT2D eigenvalue weighted by Gasteiger charge is 2.47. The summed E-state index contributed by atoms with van der Waals surface area (Å²) in [6.45, 7) is 12.6. The summed E-state index contributed by atoms with van der Waals surface area (Å²) in [5.74, 6) is -0.323. The first-order valence-corrected chi connectivity index (χ1v) is 9.74. The number of carbonyl (C=O) groups excluding carboxylic acids is 3. The second kappa shape index (κ2) is 7.99. The van der Waals surface area contributed by atoms with Gasteiger partial charge in [0.15, 0.2) is 5.78 Å². The molecule has 0 aromatic rings. The van der Waals surface area contributed by atoms with E-state index in [1.54, 1.807) is 19.9 Å². The van der Waals surface area contributed by atoms with Crippen LogP contribution in [0.5, 0.6) is 0 Å². The van der Waals surface area contributed by atoms with Crippen molar-refractivity contribution >= 4 is 17.7 Å². The van der Waals surface area contributed by atoms with Gasteiger partial charge in [0.1, 0.15) is 11.7 Å². The second-order valence-corrected chi connectivity index (χ2v) is 8.52. The zero-order valence-corrected chi connectivity index (χ0v) is 17.5. The molecule has 2 rings (SSSR count). The molecule has 0 amide bonds. The van der Waals surface area contributed by atoms with Crippen molar-refractivity contribution in [2.24, 2.45) is 17.8 Å². The number of ether oxygens (including phenoxy) is 2. The molecule has 0 aromatic carbocycles. The summed E-state index contributed by atoms with van der Waals surface area (Å²) < 4.78 is 11.5. The maximum Gasteiger partial charge on any atom is 0.333 e. The van der Waals surface area contributed by atoms with Gasteiger partial charge in [0.05, 0.1) is 0 Å². The van der Waals surface area contributed by atoms with Crippen LogP contribution in [0.4, 0.5) is 0 Å². The van der Waals surface area contributed by atoms with Gasteiger partial charge in [-0.15, -0.1) is 0 Å². The van der Waals surface area contributed by atoms with Crippen molar-refractivity contribution in [2.45, 2.75) is 79.4 Å². The number of hydrogen-bond donors (Lipinski definition) is 0. The van der Waals surface area contributed by atoms with Crippen LogP contribution in [0.3, 0.4) is 0 Å². The molecule has 1 fully saturated rings. The van der Waals surface area contributed by atoms with Gasteiger partial charge in [-0.25, -0.2) is 4.79 Å². The van der Waals surface area contributed by atoms with Crippen molar-refractivity contribution in [2.75, 3.05) is 0 Å². The summed E-state index contributed by atoms with van der Waals surface area (Å²) in [5, 5.41) is 0. The van der Waals surface area contributed by atoms with E-state index in [1.807, 2.05) is 20.8 Å². The lowest BCUT2D eigenvalue weighted by molar-refractivity contribution is -0.170. The van der Waals surface area contributed by atoms with Crippen LogP contribution in [0.1, 0.15) is 67.7 Å². The summed E-state index contributed by atoms with van der Waals surface area (Å²) in [4.78, 5) is 36.4. The van der Waals surface area contributed by atoms with Crippen molar-refractivity contribution in [1.82, 2.24) is 0 Å². The van der Waals surface area contributed by atoms with Gasteiger partial charge in [-0.1, -0.05) is 18.6 Å². The third-order valence-electron chi connectivity index (χ3n) is 6.25. The quantitative estimate of drug-likeness (QED) is 0.544. The number of allylic oxidation sites excluding steroid dienone is 3. The Labute approximate surface area is 162 Å². The number of hydrogen-bond acceptors (Lipinski definition) is 5. The first-order chi connectivity index (χ1) is 12.5. The average Bonchev–Trinajstić information content (AvgIpc) is 2.76. The SMILES string of the molecule is CC=C(C)C(=O)O[C@@H]1C[C@H](C)[C@H]2CC(=O)C(C)=C2C[C@@H]1C(C)(C)OC(C)=O. The van der Waals surface area contributed by atoms with Gasteiger partial charge in [-0.3, -0.25) is 9.59 Å². The minimum atomic E-state index is -0.811. The topological polar surface area (TPSA) is 69.7 Å². The van der Waals surface area contributed by atoms with Crippen LogP contribution in [0.25, 0.3) is 0 Å². The Bertz CT molecular complexity index is 697. The number of esters is 2. The maximum atomic E-state index is 12.5. The Balaban J connectivity index is 2.44. The molecular weight excluding hydrogens is 344 g/mol. The Morgan fingerprint density at radius 3 is 2.37 bits per heavy atom. The number of ketones is 1. The van der Waals surface area contributed by atoms with Crippen LogP contribution >= 0.6 is 0 Å². The van der Waals surface area contributed by atoms with Crippen LogP contribution in [-0.4, -0.2) is 29.4 Å². The number of fused-ring (bicyclic) bond motifs is 1. The summed E-state index contributed by atoms with van der Waals surface area (Å²) in [6, 6.07) is 0. The Hall–Kier alpha value is -1.91. The minimum absolute atomic E-state index is 0.180. The van der Waals surface area contributed by atoms with Crippen LogP contribution in [0.2, 0.25) is 0 Å². The fourth-order valence-corrected chi connectivity index (χ4v) is 4.46. The standard InChI is InChI=1S/C22H32O5/c1-8-12(2)21(25)26-20-9-13(3)16-11-19(24)14(4)17(16)10-18(20)22(6,7)27-15(5)23/h8,13,16,18,20H,9-11H2,1-7H3/t13-,16+,18-,20+/m0/s1. The largest absolute Gasteiger partial charge is 0.459 e. The van der Waals surface area contributed by atoms with E-state index < -0.39 is 5.60 Å². The van der Waals surface area contributed by atoms with Gasteiger partial charge in [0.2, 0.25) is 0 Å². The molecule has 2 aliphatic rings. The first-order valence-electron chi connectivity index (χ1n) is 9.74. The lowest BCUT2D eigenvalue weighted by Crippen LogP contribution is -2.44. The van der Waals surface area contributed by atoms with Gasteiger partial charge < -0.3 is 9.47 Å². The van der Waals surface area contributed by atoms with E-state index in [1.165, 1.54) is 6.92 Å². The second-order valence-electron chi connectivity index (χ2n) is 8.52. The predicted molar refractivity (Wildman–Crippen MR) is 103 cm³/mol. The van der Waals surface area contributed by atoms with Crippen LogP contribution < -0.4 is 0 Å². The van der Waals surface area contributed by atoms with E-state index in [0.29, 0.717) is 24.8 Å². The van der Waals surface area contributed by atoms with Crippen molar-refractivity contribution in [3.05, 3.63) is 22.8 Å². The Morgan fingerprint density at radius 1 is 1.19 bits per heavy atom. The first kappa shape index (κ1) is 21.4. The molecule has 4 atom stereocenters. The molecule has 0 aromatic heterocycles. The number of rotatable bonds is 4. The molecule has 0 heterocycles. The molecule has 0 radical (unpaired) electrons. The molecule has 150 valence electrons. The molecule has 5 heteroatoms. The molecule has 0 N–H and O–H groups in total. The van der Waals surface area contributed by atoms with E-state index in [0.717, 1.165) is 11.1 Å². The van der Waals surface area contributed by atoms with Crippen molar-refractivity contribution in [1.29, 1.82) is 0 Å². The zero-order valence-electron chi connectivity index (χ0n) is 17.5. The fraction of sp³-hybridized carbons (Fsp3) is 0.682. The highest BCUT2D eigenvalue weighted by Crippen LogP contribution is 2.47. The third-order valence-corrected chi connectivity index (χ3v) is 6.25. The highest BCUT2D eigenvalue weighted by molar-refractivity contribution is 5.98.